The van der Waals surface area contributed by atoms with Crippen molar-refractivity contribution >= 4 is 5.69 Å². The summed E-state index contributed by atoms with van der Waals surface area (Å²) in [5.41, 5.74) is 10.6. The van der Waals surface area contributed by atoms with Crippen molar-refractivity contribution in [2.24, 2.45) is 5.73 Å². The molecule has 0 aliphatic rings. The van der Waals surface area contributed by atoms with Gasteiger partial charge in [0, 0.05) is 6.54 Å². The summed E-state index contributed by atoms with van der Waals surface area (Å²) >= 11 is 0. The largest absolute Gasteiger partial charge is 0.396 e. The number of nitrogens with two attached hydrogens (primary N) is 2. The van der Waals surface area contributed by atoms with E-state index in [4.69, 9.17) is 11.5 Å². The molecule has 0 bridgehead atoms. The maximum absolute atomic E-state index is 12.5. The fourth-order valence-electron chi connectivity index (χ4n) is 0.787. The van der Waals surface area contributed by atoms with Crippen LogP contribution < -0.4 is 11.5 Å². The third-order valence-electron chi connectivity index (χ3n) is 1.35. The highest BCUT2D eigenvalue weighted by Crippen LogP contribution is 2.15. The molecule has 0 fully saturated rings. The zero-order valence-electron chi connectivity index (χ0n) is 5.77. The Labute approximate surface area is 62.8 Å². The Morgan fingerprint density at radius 2 is 1.91 bits per heavy atom. The first-order valence-electron chi connectivity index (χ1n) is 3.08. The molecule has 0 aliphatic heterocycles. The van der Waals surface area contributed by atoms with Crippen LogP contribution in [-0.2, 0) is 6.54 Å². The topological polar surface area (TPSA) is 52.0 Å². The van der Waals surface area contributed by atoms with E-state index in [0.29, 0.717) is 5.56 Å². The van der Waals surface area contributed by atoms with Crippen LogP contribution in [0.15, 0.2) is 12.1 Å². The van der Waals surface area contributed by atoms with Gasteiger partial charge in [-0.1, -0.05) is 0 Å². The van der Waals surface area contributed by atoms with Crippen LogP contribution in [-0.4, -0.2) is 0 Å². The molecule has 0 atom stereocenters. The van der Waals surface area contributed by atoms with E-state index in [9.17, 15) is 8.78 Å². The van der Waals surface area contributed by atoms with E-state index < -0.39 is 11.6 Å². The molecule has 1 rings (SSSR count). The summed E-state index contributed by atoms with van der Waals surface area (Å²) in [5.74, 6) is -1.97. The average Bonchev–Trinajstić information content (AvgIpc) is 1.99. The lowest BCUT2D eigenvalue weighted by atomic mass is 10.2. The molecule has 0 saturated carbocycles. The van der Waals surface area contributed by atoms with Crippen molar-refractivity contribution < 1.29 is 8.78 Å². The maximum atomic E-state index is 12.5. The second-order valence-electron chi connectivity index (χ2n) is 2.18. The molecule has 4 N–H and O–H groups in total. The normalized spacial score (nSPS) is 10.1. The van der Waals surface area contributed by atoms with E-state index >= 15 is 0 Å². The van der Waals surface area contributed by atoms with Gasteiger partial charge in [-0.05, 0) is 17.7 Å². The smallest absolute Gasteiger partial charge is 0.181 e. The minimum atomic E-state index is -1.01. The van der Waals surface area contributed by atoms with Gasteiger partial charge in [0.2, 0.25) is 0 Å². The van der Waals surface area contributed by atoms with Crippen molar-refractivity contribution in [2.75, 3.05) is 5.73 Å². The first-order chi connectivity index (χ1) is 5.15. The van der Waals surface area contributed by atoms with E-state index in [1.54, 1.807) is 0 Å². The Bertz CT molecular complexity index is 250. The van der Waals surface area contributed by atoms with Gasteiger partial charge in [-0.15, -0.1) is 0 Å². The Hall–Kier alpha value is -1.16. The summed E-state index contributed by atoms with van der Waals surface area (Å²) < 4.78 is 25.0. The van der Waals surface area contributed by atoms with Crippen LogP contribution in [0.4, 0.5) is 14.5 Å². The number of nitrogen functional groups attached to an aromatic ring is 1. The van der Waals surface area contributed by atoms with Crippen LogP contribution in [0.2, 0.25) is 0 Å². The van der Waals surface area contributed by atoms with Crippen LogP contribution in [0.3, 0.4) is 0 Å². The van der Waals surface area contributed by atoms with Crippen molar-refractivity contribution in [1.29, 1.82) is 0 Å². The fourth-order valence-corrected chi connectivity index (χ4v) is 0.787. The van der Waals surface area contributed by atoms with Crippen molar-refractivity contribution in [3.63, 3.8) is 0 Å². The molecule has 0 aliphatic carbocycles. The second-order valence-corrected chi connectivity index (χ2v) is 2.18. The molecule has 0 unspecified atom stereocenters. The molecule has 0 radical (unpaired) electrons. The lowest BCUT2D eigenvalue weighted by Crippen LogP contribution is -2.01. The molecule has 60 valence electrons. The second kappa shape index (κ2) is 2.84. The number of hydrogen-bond acceptors (Lipinski definition) is 2. The highest BCUT2D eigenvalue weighted by atomic mass is 19.2. The van der Waals surface area contributed by atoms with Gasteiger partial charge in [0.25, 0.3) is 0 Å². The number of hydrogen-bond donors (Lipinski definition) is 2. The van der Waals surface area contributed by atoms with Gasteiger partial charge in [-0.3, -0.25) is 0 Å². The fraction of sp³-hybridized carbons (Fsp3) is 0.143. The molecule has 0 heterocycles. The average molecular weight is 158 g/mol. The summed E-state index contributed by atoms with van der Waals surface area (Å²) in [6, 6.07) is 2.35. The lowest BCUT2D eigenvalue weighted by molar-refractivity contribution is 0.510. The van der Waals surface area contributed by atoms with Gasteiger partial charge in [0.15, 0.2) is 11.6 Å². The zero-order chi connectivity index (χ0) is 8.43. The Morgan fingerprint density at radius 3 is 2.36 bits per heavy atom. The van der Waals surface area contributed by atoms with Gasteiger partial charge in [0.05, 0.1) is 5.69 Å². The van der Waals surface area contributed by atoms with Crippen molar-refractivity contribution in [3.05, 3.63) is 29.3 Å². The summed E-state index contributed by atoms with van der Waals surface area (Å²) in [6.45, 7) is 0.154. The van der Waals surface area contributed by atoms with Crippen LogP contribution in [0.1, 0.15) is 5.56 Å². The van der Waals surface area contributed by atoms with E-state index in [2.05, 4.69) is 0 Å². The molecule has 0 spiro atoms. The molecule has 2 nitrogen and oxygen atoms in total. The lowest BCUT2D eigenvalue weighted by Gasteiger charge is -2.00. The standard InChI is InChI=1S/C7H8F2N2/c8-5-1-4(3-10)2-6(11)7(5)9/h1-2H,3,10-11H2. The molecule has 11 heavy (non-hydrogen) atoms. The summed E-state index contributed by atoms with van der Waals surface area (Å²) in [6.07, 6.45) is 0. The number of halogens is 2. The Morgan fingerprint density at radius 1 is 1.27 bits per heavy atom. The molecular formula is C7H8F2N2. The number of rotatable bonds is 1. The van der Waals surface area contributed by atoms with E-state index in [1.165, 1.54) is 6.07 Å². The van der Waals surface area contributed by atoms with Crippen LogP contribution in [0.5, 0.6) is 0 Å². The van der Waals surface area contributed by atoms with Gasteiger partial charge in [-0.25, -0.2) is 8.78 Å². The summed E-state index contributed by atoms with van der Waals surface area (Å²) in [5, 5.41) is 0. The van der Waals surface area contributed by atoms with Gasteiger partial charge >= 0.3 is 0 Å². The van der Waals surface area contributed by atoms with Gasteiger partial charge < -0.3 is 11.5 Å². The molecule has 0 amide bonds. The summed E-state index contributed by atoms with van der Waals surface area (Å²) in [4.78, 5) is 0. The molecule has 1 aromatic carbocycles. The molecular weight excluding hydrogens is 150 g/mol. The Kier molecular flexibility index (Phi) is 2.05. The molecule has 0 saturated heterocycles. The van der Waals surface area contributed by atoms with Crippen molar-refractivity contribution in [2.45, 2.75) is 6.54 Å². The minimum absolute atomic E-state index is 0.154. The quantitative estimate of drug-likeness (QED) is 0.599. The van der Waals surface area contributed by atoms with Gasteiger partial charge in [-0.2, -0.15) is 0 Å². The predicted octanol–water partition coefficient (Wildman–Crippen LogP) is 1.01. The summed E-state index contributed by atoms with van der Waals surface area (Å²) in [7, 11) is 0. The third kappa shape index (κ3) is 1.46. The number of anilines is 1. The van der Waals surface area contributed by atoms with Crippen molar-refractivity contribution in [1.82, 2.24) is 0 Å². The maximum Gasteiger partial charge on any atom is 0.181 e. The Balaban J connectivity index is 3.21. The molecule has 1 aromatic rings. The predicted molar refractivity (Wildman–Crippen MR) is 38.7 cm³/mol. The highest BCUT2D eigenvalue weighted by Gasteiger charge is 2.06. The zero-order valence-corrected chi connectivity index (χ0v) is 5.77. The number of benzene rings is 1. The van der Waals surface area contributed by atoms with E-state index in [0.717, 1.165) is 6.07 Å². The van der Waals surface area contributed by atoms with Crippen LogP contribution in [0, 0.1) is 11.6 Å². The SMILES string of the molecule is NCc1cc(N)c(F)c(F)c1. The van der Waals surface area contributed by atoms with E-state index in [-0.39, 0.29) is 12.2 Å². The third-order valence-corrected chi connectivity index (χ3v) is 1.35. The first kappa shape index (κ1) is 7.94. The van der Waals surface area contributed by atoms with Crippen LogP contribution in [0.25, 0.3) is 0 Å². The molecule has 0 aromatic heterocycles. The molecule has 4 heteroatoms. The van der Waals surface area contributed by atoms with Crippen molar-refractivity contribution in [3.8, 4) is 0 Å². The minimum Gasteiger partial charge on any atom is -0.396 e. The van der Waals surface area contributed by atoms with Gasteiger partial charge in [0.1, 0.15) is 0 Å². The first-order valence-corrected chi connectivity index (χ1v) is 3.08. The van der Waals surface area contributed by atoms with E-state index in [1.807, 2.05) is 0 Å². The van der Waals surface area contributed by atoms with Crippen LogP contribution >= 0.6 is 0 Å². The highest BCUT2D eigenvalue weighted by molar-refractivity contribution is 5.43. The monoisotopic (exact) mass is 158 g/mol.